The second kappa shape index (κ2) is 9.61. The first-order valence-electron chi connectivity index (χ1n) is 11.9. The molecule has 0 bridgehead atoms. The van der Waals surface area contributed by atoms with Gasteiger partial charge in [0.1, 0.15) is 11.5 Å². The Kier molecular flexibility index (Phi) is 6.22. The van der Waals surface area contributed by atoms with Crippen LogP contribution in [0.15, 0.2) is 61.2 Å². The van der Waals surface area contributed by atoms with Crippen molar-refractivity contribution in [2.24, 2.45) is 0 Å². The number of pyridine rings is 1. The van der Waals surface area contributed by atoms with E-state index >= 15 is 0 Å². The summed E-state index contributed by atoms with van der Waals surface area (Å²) in [6.45, 7) is 7.17. The Hall–Kier alpha value is -4.14. The molecule has 3 N–H and O–H groups in total. The summed E-state index contributed by atoms with van der Waals surface area (Å²) in [6, 6.07) is 12.1. The van der Waals surface area contributed by atoms with Crippen LogP contribution in [0.5, 0.6) is 0 Å². The van der Waals surface area contributed by atoms with Crippen molar-refractivity contribution >= 4 is 28.9 Å². The van der Waals surface area contributed by atoms with Gasteiger partial charge in [0.15, 0.2) is 11.5 Å². The van der Waals surface area contributed by atoms with E-state index in [1.807, 2.05) is 27.6 Å². The number of benzene rings is 1. The Morgan fingerprint density at radius 1 is 1.09 bits per heavy atom. The molecule has 0 spiro atoms. The van der Waals surface area contributed by atoms with Gasteiger partial charge in [0, 0.05) is 50.3 Å². The molecule has 1 aromatic carbocycles. The van der Waals surface area contributed by atoms with Crippen LogP contribution < -0.4 is 16.0 Å². The maximum atomic E-state index is 13.1. The zero-order valence-electron chi connectivity index (χ0n) is 20.1. The molecule has 0 saturated carbocycles. The second-order valence-electron chi connectivity index (χ2n) is 9.03. The minimum Gasteiger partial charge on any atom is -0.396 e. The molecule has 0 atom stereocenters. The number of rotatable bonds is 6. The summed E-state index contributed by atoms with van der Waals surface area (Å²) < 4.78 is 1.94. The molecule has 180 valence electrons. The summed E-state index contributed by atoms with van der Waals surface area (Å²) in [5, 5.41) is 3.36. The van der Waals surface area contributed by atoms with E-state index in [2.05, 4.69) is 58.3 Å². The number of nitrogens with one attached hydrogen (secondary N) is 1. The van der Waals surface area contributed by atoms with Crippen molar-refractivity contribution in [2.75, 3.05) is 48.7 Å². The van der Waals surface area contributed by atoms with Crippen LogP contribution in [0.1, 0.15) is 25.3 Å². The van der Waals surface area contributed by atoms with Crippen molar-refractivity contribution in [3.05, 3.63) is 66.7 Å². The third kappa shape index (κ3) is 4.62. The first kappa shape index (κ1) is 22.6. The highest BCUT2D eigenvalue weighted by Crippen LogP contribution is 2.30. The fourth-order valence-corrected chi connectivity index (χ4v) is 4.42. The number of aromatic nitrogens is 4. The number of nitrogens with zero attached hydrogens (tertiary/aromatic N) is 6. The van der Waals surface area contributed by atoms with Crippen LogP contribution >= 0.6 is 0 Å². The normalized spacial score (nSPS) is 14.0. The number of carbonyl (C=O) groups excluding carboxylic acids is 1. The van der Waals surface area contributed by atoms with Crippen LogP contribution in [0.25, 0.3) is 16.9 Å². The number of anilines is 3. The van der Waals surface area contributed by atoms with E-state index in [1.165, 1.54) is 5.56 Å². The van der Waals surface area contributed by atoms with Crippen molar-refractivity contribution in [2.45, 2.75) is 19.8 Å². The van der Waals surface area contributed by atoms with Gasteiger partial charge in [0.05, 0.1) is 18.4 Å². The van der Waals surface area contributed by atoms with Crippen molar-refractivity contribution in [3.8, 4) is 11.3 Å². The summed E-state index contributed by atoms with van der Waals surface area (Å²) >= 11 is 0. The van der Waals surface area contributed by atoms with E-state index in [0.717, 1.165) is 28.5 Å². The smallest absolute Gasteiger partial charge is 0.242 e. The van der Waals surface area contributed by atoms with Gasteiger partial charge in [-0.3, -0.25) is 14.2 Å². The topological polar surface area (TPSA) is 105 Å². The SMILES string of the molecule is CC(C)c1ccc(-c2nc3cnccn3c2NCC(=O)N2CCN(c3ncccc3N)CC2)cc1. The number of amides is 1. The maximum absolute atomic E-state index is 13.1. The predicted octanol–water partition coefficient (Wildman–Crippen LogP) is 3.26. The first-order valence-corrected chi connectivity index (χ1v) is 11.9. The van der Waals surface area contributed by atoms with Crippen molar-refractivity contribution in [1.29, 1.82) is 0 Å². The Morgan fingerprint density at radius 3 is 2.57 bits per heavy atom. The lowest BCUT2D eigenvalue weighted by molar-refractivity contribution is -0.129. The molecular formula is C26H30N8O. The standard InChI is InChI=1S/C26H30N8O/c1-18(2)19-5-7-20(8-6-19)24-26(34-11-10-28-16-22(34)31-24)30-17-23(35)32-12-14-33(15-13-32)25-21(27)4-3-9-29-25/h3-11,16,18,30H,12-15,17,27H2,1-2H3. The fourth-order valence-electron chi connectivity index (χ4n) is 4.42. The monoisotopic (exact) mass is 470 g/mol. The van der Waals surface area contributed by atoms with Crippen LogP contribution in [0, 0.1) is 0 Å². The Balaban J connectivity index is 1.30. The Labute approximate surface area is 204 Å². The van der Waals surface area contributed by atoms with Gasteiger partial charge in [-0.25, -0.2) is 9.97 Å². The van der Waals surface area contributed by atoms with Gasteiger partial charge in [0.25, 0.3) is 0 Å². The van der Waals surface area contributed by atoms with Crippen LogP contribution in [0.4, 0.5) is 17.3 Å². The summed E-state index contributed by atoms with van der Waals surface area (Å²) in [5.41, 5.74) is 10.5. The highest BCUT2D eigenvalue weighted by molar-refractivity contribution is 5.84. The molecule has 1 aliphatic heterocycles. The molecule has 9 heteroatoms. The number of nitrogen functional groups attached to an aromatic ring is 1. The Bertz CT molecular complexity index is 1320. The van der Waals surface area contributed by atoms with Crippen LogP contribution in [0.3, 0.4) is 0 Å². The molecular weight excluding hydrogens is 440 g/mol. The summed E-state index contributed by atoms with van der Waals surface area (Å²) in [4.78, 5) is 30.5. The lowest BCUT2D eigenvalue weighted by Gasteiger charge is -2.35. The molecule has 0 aliphatic carbocycles. The van der Waals surface area contributed by atoms with Crippen molar-refractivity contribution < 1.29 is 4.79 Å². The van der Waals surface area contributed by atoms with E-state index < -0.39 is 0 Å². The van der Waals surface area contributed by atoms with Crippen molar-refractivity contribution in [3.63, 3.8) is 0 Å². The molecule has 9 nitrogen and oxygen atoms in total. The molecule has 1 fully saturated rings. The number of carbonyl (C=O) groups is 1. The van der Waals surface area contributed by atoms with Crippen molar-refractivity contribution in [1.82, 2.24) is 24.3 Å². The molecule has 4 heterocycles. The molecule has 5 rings (SSSR count). The fraction of sp³-hybridized carbons (Fsp3) is 0.308. The molecule has 35 heavy (non-hydrogen) atoms. The highest BCUT2D eigenvalue weighted by Gasteiger charge is 2.23. The summed E-state index contributed by atoms with van der Waals surface area (Å²) in [6.07, 6.45) is 7.04. The largest absolute Gasteiger partial charge is 0.396 e. The maximum Gasteiger partial charge on any atom is 0.242 e. The quantitative estimate of drug-likeness (QED) is 0.446. The number of imidazole rings is 1. The van der Waals surface area contributed by atoms with E-state index in [4.69, 9.17) is 10.7 Å². The van der Waals surface area contributed by atoms with E-state index in [-0.39, 0.29) is 12.5 Å². The van der Waals surface area contributed by atoms with Gasteiger partial charge in [-0.1, -0.05) is 38.1 Å². The number of hydrogen-bond acceptors (Lipinski definition) is 7. The Morgan fingerprint density at radius 2 is 1.86 bits per heavy atom. The molecule has 0 radical (unpaired) electrons. The molecule has 4 aromatic rings. The average Bonchev–Trinajstić information content (AvgIpc) is 3.26. The van der Waals surface area contributed by atoms with Gasteiger partial charge in [-0.15, -0.1) is 0 Å². The van der Waals surface area contributed by atoms with Crippen LogP contribution in [-0.4, -0.2) is 62.9 Å². The van der Waals surface area contributed by atoms with Crippen LogP contribution in [-0.2, 0) is 4.79 Å². The molecule has 3 aromatic heterocycles. The number of piperazine rings is 1. The number of nitrogens with two attached hydrogens (primary N) is 1. The summed E-state index contributed by atoms with van der Waals surface area (Å²) in [5.74, 6) is 2.07. The summed E-state index contributed by atoms with van der Waals surface area (Å²) in [7, 11) is 0. The minimum atomic E-state index is 0.0451. The zero-order chi connectivity index (χ0) is 24.4. The lowest BCUT2D eigenvalue weighted by atomic mass is 10.0. The number of fused-ring (bicyclic) bond motifs is 1. The van der Waals surface area contributed by atoms with E-state index in [0.29, 0.717) is 37.8 Å². The van der Waals surface area contributed by atoms with Gasteiger partial charge in [0.2, 0.25) is 5.91 Å². The van der Waals surface area contributed by atoms with Gasteiger partial charge in [-0.05, 0) is 23.6 Å². The van der Waals surface area contributed by atoms with Gasteiger partial charge < -0.3 is 20.9 Å². The van der Waals surface area contributed by atoms with Gasteiger partial charge >= 0.3 is 0 Å². The van der Waals surface area contributed by atoms with E-state index in [1.54, 1.807) is 18.6 Å². The number of hydrogen-bond donors (Lipinski definition) is 2. The zero-order valence-corrected chi connectivity index (χ0v) is 20.1. The minimum absolute atomic E-state index is 0.0451. The predicted molar refractivity (Wildman–Crippen MR) is 138 cm³/mol. The van der Waals surface area contributed by atoms with E-state index in [9.17, 15) is 4.79 Å². The molecule has 1 aliphatic rings. The highest BCUT2D eigenvalue weighted by atomic mass is 16.2. The third-order valence-electron chi connectivity index (χ3n) is 6.44. The average molecular weight is 471 g/mol. The molecule has 1 saturated heterocycles. The molecule has 0 unspecified atom stereocenters. The molecule has 1 amide bonds. The van der Waals surface area contributed by atoms with Gasteiger partial charge in [-0.2, -0.15) is 0 Å². The second-order valence-corrected chi connectivity index (χ2v) is 9.03. The third-order valence-corrected chi connectivity index (χ3v) is 6.44. The lowest BCUT2D eigenvalue weighted by Crippen LogP contribution is -2.50. The van der Waals surface area contributed by atoms with Crippen LogP contribution in [0.2, 0.25) is 0 Å². The first-order chi connectivity index (χ1) is 17.0.